The zero-order valence-corrected chi connectivity index (χ0v) is 17.0. The lowest BCUT2D eigenvalue weighted by Gasteiger charge is -2.15. The van der Waals surface area contributed by atoms with Gasteiger partial charge in [0.1, 0.15) is 18.2 Å². The average Bonchev–Trinajstić information content (AvgIpc) is 3.27. The number of carbonyl (C=O) groups is 1. The summed E-state index contributed by atoms with van der Waals surface area (Å²) in [7, 11) is -3.43. The normalized spacial score (nSPS) is 14.7. The highest BCUT2D eigenvalue weighted by molar-refractivity contribution is 7.89. The Morgan fingerprint density at radius 1 is 1.07 bits per heavy atom. The number of sulfonamides is 1. The molecule has 1 aliphatic heterocycles. The fourth-order valence-corrected chi connectivity index (χ4v) is 4.70. The number of aryl methyl sites for hydroxylation is 1. The average molecular weight is 421 g/mol. The second kappa shape index (κ2) is 9.84. The first-order chi connectivity index (χ1) is 14.0. The topological polar surface area (TPSA) is 75.7 Å². The number of amides is 1. The van der Waals surface area contributed by atoms with E-state index in [2.05, 4.69) is 5.32 Å². The minimum Gasteiger partial charge on any atom is -0.492 e. The predicted octanol–water partition coefficient (Wildman–Crippen LogP) is 2.74. The van der Waals surface area contributed by atoms with Crippen LogP contribution in [0.1, 0.15) is 24.8 Å². The highest BCUT2D eigenvalue weighted by Gasteiger charge is 2.26. The fourth-order valence-electron chi connectivity index (χ4n) is 3.18. The summed E-state index contributed by atoms with van der Waals surface area (Å²) >= 11 is 0. The second-order valence-electron chi connectivity index (χ2n) is 6.87. The molecule has 1 fully saturated rings. The molecule has 0 radical (unpaired) electrons. The Bertz CT molecular complexity index is 926. The number of nitrogens with one attached hydrogen (secondary N) is 1. The van der Waals surface area contributed by atoms with Crippen LogP contribution in [0.25, 0.3) is 0 Å². The van der Waals surface area contributed by atoms with E-state index in [1.165, 1.54) is 22.5 Å². The Morgan fingerprint density at radius 2 is 1.76 bits per heavy atom. The molecule has 1 saturated heterocycles. The lowest BCUT2D eigenvalue weighted by Crippen LogP contribution is -2.28. The minimum absolute atomic E-state index is 0.177. The molecule has 6 nitrogen and oxygen atoms in total. The molecule has 1 N–H and O–H groups in total. The summed E-state index contributed by atoms with van der Waals surface area (Å²) in [5.41, 5.74) is 0.517. The Labute approximate surface area is 170 Å². The third-order valence-electron chi connectivity index (χ3n) is 4.80. The van der Waals surface area contributed by atoms with Crippen molar-refractivity contribution < 1.29 is 22.3 Å². The highest BCUT2D eigenvalue weighted by Crippen LogP contribution is 2.22. The lowest BCUT2D eigenvalue weighted by atomic mass is 10.1. The van der Waals surface area contributed by atoms with Crippen molar-refractivity contribution in [3.8, 4) is 5.75 Å². The number of benzene rings is 2. The largest absolute Gasteiger partial charge is 0.492 e. The first-order valence-electron chi connectivity index (χ1n) is 9.70. The van der Waals surface area contributed by atoms with E-state index < -0.39 is 10.0 Å². The Balaban J connectivity index is 1.39. The van der Waals surface area contributed by atoms with Gasteiger partial charge in [0.05, 0.1) is 11.4 Å². The van der Waals surface area contributed by atoms with Crippen molar-refractivity contribution in [3.05, 3.63) is 59.9 Å². The summed E-state index contributed by atoms with van der Waals surface area (Å²) in [6.45, 7) is 1.70. The molecule has 0 bridgehead atoms. The van der Waals surface area contributed by atoms with Gasteiger partial charge in [0.15, 0.2) is 0 Å². The molecule has 0 saturated carbocycles. The Hall–Kier alpha value is -2.45. The molecular weight excluding hydrogens is 395 g/mol. The summed E-state index contributed by atoms with van der Waals surface area (Å²) in [5.74, 6) is 0.0497. The van der Waals surface area contributed by atoms with E-state index in [9.17, 15) is 17.6 Å². The summed E-state index contributed by atoms with van der Waals surface area (Å²) in [6.07, 6.45) is 2.33. The van der Waals surface area contributed by atoms with E-state index in [1.54, 1.807) is 30.3 Å². The van der Waals surface area contributed by atoms with Crippen molar-refractivity contribution in [2.24, 2.45) is 0 Å². The summed E-state index contributed by atoms with van der Waals surface area (Å²) in [5, 5.41) is 2.73. The highest BCUT2D eigenvalue weighted by atomic mass is 32.2. The van der Waals surface area contributed by atoms with Crippen molar-refractivity contribution in [1.29, 1.82) is 0 Å². The number of carbonyl (C=O) groups excluding carboxylic acids is 1. The van der Waals surface area contributed by atoms with Crippen LogP contribution in [-0.4, -0.2) is 44.9 Å². The Morgan fingerprint density at radius 3 is 2.45 bits per heavy atom. The molecule has 0 atom stereocenters. The number of hydrogen-bond acceptors (Lipinski definition) is 4. The maximum Gasteiger partial charge on any atom is 0.243 e. The van der Waals surface area contributed by atoms with E-state index in [1.807, 2.05) is 0 Å². The Kier molecular flexibility index (Phi) is 7.22. The van der Waals surface area contributed by atoms with Gasteiger partial charge in [0.2, 0.25) is 15.9 Å². The SMILES string of the molecule is O=C(CCc1ccccc1F)NCCOc1ccc(S(=O)(=O)N2CCCC2)cc1. The summed E-state index contributed by atoms with van der Waals surface area (Å²) < 4.78 is 45.5. The molecule has 0 unspecified atom stereocenters. The van der Waals surface area contributed by atoms with Gasteiger partial charge < -0.3 is 10.1 Å². The van der Waals surface area contributed by atoms with Crippen LogP contribution >= 0.6 is 0 Å². The van der Waals surface area contributed by atoms with Crippen molar-refractivity contribution in [1.82, 2.24) is 9.62 Å². The van der Waals surface area contributed by atoms with Crippen molar-refractivity contribution >= 4 is 15.9 Å². The van der Waals surface area contributed by atoms with Crippen LogP contribution in [0.3, 0.4) is 0 Å². The molecular formula is C21H25FN2O4S. The van der Waals surface area contributed by atoms with E-state index in [0.717, 1.165) is 12.8 Å². The van der Waals surface area contributed by atoms with Gasteiger partial charge in [0, 0.05) is 19.5 Å². The van der Waals surface area contributed by atoms with Crippen molar-refractivity contribution in [3.63, 3.8) is 0 Å². The maximum absolute atomic E-state index is 13.5. The van der Waals surface area contributed by atoms with Crippen LogP contribution in [-0.2, 0) is 21.2 Å². The third-order valence-corrected chi connectivity index (χ3v) is 6.71. The van der Waals surface area contributed by atoms with E-state index in [0.29, 0.717) is 37.4 Å². The first kappa shape index (κ1) is 21.3. The minimum atomic E-state index is -3.43. The van der Waals surface area contributed by atoms with E-state index >= 15 is 0 Å². The van der Waals surface area contributed by atoms with Gasteiger partial charge in [-0.15, -0.1) is 0 Å². The number of nitrogens with zero attached hydrogens (tertiary/aromatic N) is 1. The molecule has 0 aliphatic carbocycles. The number of halogens is 1. The predicted molar refractivity (Wildman–Crippen MR) is 108 cm³/mol. The molecule has 156 valence electrons. The fraction of sp³-hybridized carbons (Fsp3) is 0.381. The van der Waals surface area contributed by atoms with Gasteiger partial charge in [-0.25, -0.2) is 12.8 Å². The molecule has 29 heavy (non-hydrogen) atoms. The first-order valence-corrected chi connectivity index (χ1v) is 11.1. The van der Waals surface area contributed by atoms with Crippen LogP contribution in [0, 0.1) is 5.82 Å². The quantitative estimate of drug-likeness (QED) is 0.633. The number of rotatable bonds is 9. The van der Waals surface area contributed by atoms with Crippen molar-refractivity contribution in [2.45, 2.75) is 30.6 Å². The smallest absolute Gasteiger partial charge is 0.243 e. The van der Waals surface area contributed by atoms with Gasteiger partial charge >= 0.3 is 0 Å². The van der Waals surface area contributed by atoms with Crippen molar-refractivity contribution in [2.75, 3.05) is 26.2 Å². The zero-order valence-electron chi connectivity index (χ0n) is 16.1. The molecule has 1 amide bonds. The van der Waals surface area contributed by atoms with E-state index in [4.69, 9.17) is 4.74 Å². The molecule has 3 rings (SSSR count). The van der Waals surface area contributed by atoms with Crippen LogP contribution in [0.5, 0.6) is 5.75 Å². The molecule has 2 aromatic rings. The second-order valence-corrected chi connectivity index (χ2v) is 8.81. The molecule has 0 spiro atoms. The summed E-state index contributed by atoms with van der Waals surface area (Å²) in [4.78, 5) is 12.1. The molecule has 1 heterocycles. The molecule has 2 aromatic carbocycles. The molecule has 8 heteroatoms. The zero-order chi connectivity index (χ0) is 20.7. The standard InChI is InChI=1S/C21H25FN2O4S/c22-20-6-2-1-5-17(20)7-12-21(25)23-13-16-28-18-8-10-19(11-9-18)29(26,27)24-14-3-4-15-24/h1-2,5-6,8-11H,3-4,7,12-16H2,(H,23,25). The van der Waals surface area contributed by atoms with Gasteiger partial charge in [-0.3, -0.25) is 4.79 Å². The van der Waals surface area contributed by atoms with Gasteiger partial charge in [-0.1, -0.05) is 18.2 Å². The summed E-state index contributed by atoms with van der Waals surface area (Å²) in [6, 6.07) is 12.7. The number of ether oxygens (including phenoxy) is 1. The van der Waals surface area contributed by atoms with E-state index in [-0.39, 0.29) is 29.6 Å². The van der Waals surface area contributed by atoms with Gasteiger partial charge in [-0.05, 0) is 55.2 Å². The molecule has 0 aromatic heterocycles. The van der Waals surface area contributed by atoms with Crippen LogP contribution in [0.15, 0.2) is 53.4 Å². The number of hydrogen-bond donors (Lipinski definition) is 1. The van der Waals surface area contributed by atoms with Crippen LogP contribution in [0.4, 0.5) is 4.39 Å². The maximum atomic E-state index is 13.5. The van der Waals surface area contributed by atoms with Crippen LogP contribution in [0.2, 0.25) is 0 Å². The molecule has 1 aliphatic rings. The van der Waals surface area contributed by atoms with Gasteiger partial charge in [-0.2, -0.15) is 4.31 Å². The lowest BCUT2D eigenvalue weighted by molar-refractivity contribution is -0.121. The van der Waals surface area contributed by atoms with Crippen LogP contribution < -0.4 is 10.1 Å². The van der Waals surface area contributed by atoms with Gasteiger partial charge in [0.25, 0.3) is 0 Å². The third kappa shape index (κ3) is 5.77. The monoisotopic (exact) mass is 420 g/mol.